The minimum Gasteiger partial charge on any atom is -0.376 e. The third-order valence-corrected chi connectivity index (χ3v) is 7.17. The van der Waals surface area contributed by atoms with Gasteiger partial charge < -0.3 is 15.4 Å². The fourth-order valence-electron chi connectivity index (χ4n) is 3.27. The van der Waals surface area contributed by atoms with Crippen LogP contribution in [0.25, 0.3) is 0 Å². The predicted molar refractivity (Wildman–Crippen MR) is 107 cm³/mol. The second-order valence-corrected chi connectivity index (χ2v) is 9.43. The minimum absolute atomic E-state index is 0.217. The molecular formula is C18H27N3O3S2. The van der Waals surface area contributed by atoms with Gasteiger partial charge in [-0.25, -0.2) is 8.42 Å². The van der Waals surface area contributed by atoms with Crippen molar-refractivity contribution >= 4 is 33.0 Å². The van der Waals surface area contributed by atoms with Crippen LogP contribution in [0.4, 0.5) is 5.69 Å². The molecule has 1 aromatic carbocycles. The third kappa shape index (κ3) is 4.94. The van der Waals surface area contributed by atoms with Gasteiger partial charge in [0.25, 0.3) is 0 Å². The van der Waals surface area contributed by atoms with E-state index in [0.717, 1.165) is 38.0 Å². The molecule has 2 heterocycles. The van der Waals surface area contributed by atoms with Gasteiger partial charge in [0, 0.05) is 31.9 Å². The number of rotatable bonds is 5. The molecule has 0 bridgehead atoms. The molecule has 0 aliphatic carbocycles. The summed E-state index contributed by atoms with van der Waals surface area (Å²) in [5.41, 5.74) is 0.765. The Balaban J connectivity index is 1.54. The monoisotopic (exact) mass is 397 g/mol. The van der Waals surface area contributed by atoms with Gasteiger partial charge in [-0.3, -0.25) is 0 Å². The number of thiocarbonyl (C=S) groups is 1. The highest BCUT2D eigenvalue weighted by Crippen LogP contribution is 2.24. The first-order valence-electron chi connectivity index (χ1n) is 9.22. The van der Waals surface area contributed by atoms with E-state index in [-0.39, 0.29) is 6.10 Å². The van der Waals surface area contributed by atoms with Gasteiger partial charge in [-0.05, 0) is 68.1 Å². The molecule has 2 aliphatic heterocycles. The van der Waals surface area contributed by atoms with Crippen LogP contribution in [0.5, 0.6) is 0 Å². The molecule has 1 aromatic rings. The molecule has 1 unspecified atom stereocenters. The van der Waals surface area contributed by atoms with Crippen LogP contribution in [0.15, 0.2) is 29.2 Å². The molecule has 2 aliphatic rings. The fraction of sp³-hybridized carbons (Fsp3) is 0.611. The number of nitrogens with one attached hydrogen (secondary N) is 2. The maximum atomic E-state index is 12.7. The Kier molecular flexibility index (Phi) is 6.50. The first-order chi connectivity index (χ1) is 12.4. The number of sulfonamides is 1. The summed E-state index contributed by atoms with van der Waals surface area (Å²) < 4.78 is 32.6. The molecule has 26 heavy (non-hydrogen) atoms. The van der Waals surface area contributed by atoms with Gasteiger partial charge in [-0.15, -0.1) is 0 Å². The quantitative estimate of drug-likeness (QED) is 0.744. The van der Waals surface area contributed by atoms with Gasteiger partial charge in [0.15, 0.2) is 5.11 Å². The number of anilines is 1. The van der Waals surface area contributed by atoms with Crippen LogP contribution in [0.2, 0.25) is 0 Å². The van der Waals surface area contributed by atoms with Crippen molar-refractivity contribution in [3.8, 4) is 0 Å². The van der Waals surface area contributed by atoms with Gasteiger partial charge in [0.2, 0.25) is 10.0 Å². The number of piperidine rings is 1. The van der Waals surface area contributed by atoms with Gasteiger partial charge in [0.1, 0.15) is 0 Å². The lowest BCUT2D eigenvalue weighted by molar-refractivity contribution is 0.114. The van der Waals surface area contributed by atoms with Crippen LogP contribution >= 0.6 is 12.2 Å². The molecule has 6 nitrogen and oxygen atoms in total. The first-order valence-corrected chi connectivity index (χ1v) is 11.1. The molecule has 8 heteroatoms. The Morgan fingerprint density at radius 1 is 1.23 bits per heavy atom. The standard InChI is InChI=1S/C18H27N3O3S2/c1-14-8-10-21(11-9-14)26(22,23)17-6-4-15(5-7-17)20-18(25)19-13-16-3-2-12-24-16/h4-7,14,16H,2-3,8-13H2,1H3,(H2,19,20,25). The summed E-state index contributed by atoms with van der Waals surface area (Å²) in [5.74, 6) is 0.594. The van der Waals surface area contributed by atoms with E-state index in [0.29, 0.717) is 35.6 Å². The van der Waals surface area contributed by atoms with Crippen LogP contribution in [0.1, 0.15) is 32.6 Å². The lowest BCUT2D eigenvalue weighted by atomic mass is 10.0. The Hall–Kier alpha value is -1.22. The Labute approximate surface area is 161 Å². The first kappa shape index (κ1) is 19.5. The highest BCUT2D eigenvalue weighted by molar-refractivity contribution is 7.89. The van der Waals surface area contributed by atoms with Gasteiger partial charge in [-0.2, -0.15) is 4.31 Å². The maximum absolute atomic E-state index is 12.7. The largest absolute Gasteiger partial charge is 0.376 e. The van der Waals surface area contributed by atoms with Crippen LogP contribution in [0.3, 0.4) is 0 Å². The molecule has 2 saturated heterocycles. The third-order valence-electron chi connectivity index (χ3n) is 5.01. The second kappa shape index (κ2) is 8.65. The summed E-state index contributed by atoms with van der Waals surface area (Å²) in [4.78, 5) is 0.329. The summed E-state index contributed by atoms with van der Waals surface area (Å²) in [6.45, 7) is 4.87. The molecule has 0 spiro atoms. The lowest BCUT2D eigenvalue weighted by Crippen LogP contribution is -2.37. The molecule has 0 amide bonds. The van der Waals surface area contributed by atoms with E-state index in [4.69, 9.17) is 17.0 Å². The molecular weight excluding hydrogens is 370 g/mol. The molecule has 3 rings (SSSR count). The number of ether oxygens (including phenoxy) is 1. The van der Waals surface area contributed by atoms with Gasteiger partial charge in [0.05, 0.1) is 11.0 Å². The summed E-state index contributed by atoms with van der Waals surface area (Å²) >= 11 is 5.29. The summed E-state index contributed by atoms with van der Waals surface area (Å²) in [6, 6.07) is 6.77. The lowest BCUT2D eigenvalue weighted by Gasteiger charge is -2.29. The number of hydrogen-bond acceptors (Lipinski definition) is 4. The van der Waals surface area contributed by atoms with Crippen molar-refractivity contribution in [2.75, 3.05) is 31.6 Å². The Morgan fingerprint density at radius 2 is 1.92 bits per heavy atom. The van der Waals surface area contributed by atoms with E-state index >= 15 is 0 Å². The van der Waals surface area contributed by atoms with Crippen molar-refractivity contribution in [3.63, 3.8) is 0 Å². The molecule has 1 atom stereocenters. The average molecular weight is 398 g/mol. The molecule has 144 valence electrons. The summed E-state index contributed by atoms with van der Waals surface area (Å²) in [5, 5.41) is 6.74. The van der Waals surface area contributed by atoms with Crippen LogP contribution in [-0.4, -0.2) is 50.2 Å². The van der Waals surface area contributed by atoms with E-state index in [1.165, 1.54) is 0 Å². The number of hydrogen-bond donors (Lipinski definition) is 2. The maximum Gasteiger partial charge on any atom is 0.243 e. The molecule has 0 radical (unpaired) electrons. The van der Waals surface area contributed by atoms with Crippen molar-refractivity contribution < 1.29 is 13.2 Å². The smallest absolute Gasteiger partial charge is 0.243 e. The average Bonchev–Trinajstić information content (AvgIpc) is 3.14. The fourth-order valence-corrected chi connectivity index (χ4v) is 4.94. The van der Waals surface area contributed by atoms with Crippen LogP contribution < -0.4 is 10.6 Å². The highest BCUT2D eigenvalue weighted by atomic mass is 32.2. The van der Waals surface area contributed by atoms with Crippen molar-refractivity contribution in [1.82, 2.24) is 9.62 Å². The highest BCUT2D eigenvalue weighted by Gasteiger charge is 2.27. The molecule has 0 aromatic heterocycles. The summed E-state index contributed by atoms with van der Waals surface area (Å²) in [7, 11) is -3.41. The second-order valence-electron chi connectivity index (χ2n) is 7.08. The van der Waals surface area contributed by atoms with E-state index in [9.17, 15) is 8.42 Å². The topological polar surface area (TPSA) is 70.7 Å². The van der Waals surface area contributed by atoms with E-state index in [1.54, 1.807) is 28.6 Å². The van der Waals surface area contributed by atoms with Crippen molar-refractivity contribution in [1.29, 1.82) is 0 Å². The Morgan fingerprint density at radius 3 is 2.54 bits per heavy atom. The Bertz CT molecular complexity index is 708. The van der Waals surface area contributed by atoms with Gasteiger partial charge in [-0.1, -0.05) is 6.92 Å². The zero-order chi connectivity index (χ0) is 18.6. The minimum atomic E-state index is -3.41. The van der Waals surface area contributed by atoms with E-state index in [1.807, 2.05) is 0 Å². The molecule has 2 fully saturated rings. The van der Waals surface area contributed by atoms with Gasteiger partial charge >= 0.3 is 0 Å². The van der Waals surface area contributed by atoms with Crippen molar-refractivity contribution in [2.24, 2.45) is 5.92 Å². The molecule has 0 saturated carbocycles. The zero-order valence-corrected chi connectivity index (χ0v) is 16.7. The predicted octanol–water partition coefficient (Wildman–Crippen LogP) is 2.57. The molecule has 2 N–H and O–H groups in total. The van der Waals surface area contributed by atoms with Crippen molar-refractivity contribution in [2.45, 2.75) is 43.6 Å². The zero-order valence-electron chi connectivity index (χ0n) is 15.1. The van der Waals surface area contributed by atoms with Crippen LogP contribution in [0, 0.1) is 5.92 Å². The number of nitrogens with zero attached hydrogens (tertiary/aromatic N) is 1. The van der Waals surface area contributed by atoms with E-state index in [2.05, 4.69) is 17.6 Å². The normalized spacial score (nSPS) is 22.3. The number of benzene rings is 1. The van der Waals surface area contributed by atoms with Crippen LogP contribution in [-0.2, 0) is 14.8 Å². The van der Waals surface area contributed by atoms with E-state index < -0.39 is 10.0 Å². The van der Waals surface area contributed by atoms with Crippen molar-refractivity contribution in [3.05, 3.63) is 24.3 Å². The SMILES string of the molecule is CC1CCN(S(=O)(=O)c2ccc(NC(=S)NCC3CCCO3)cc2)CC1. The summed E-state index contributed by atoms with van der Waals surface area (Å²) in [6.07, 6.45) is 4.21.